The lowest BCUT2D eigenvalue weighted by atomic mass is 9.92. The van der Waals surface area contributed by atoms with Crippen LogP contribution in [0.4, 0.5) is 8.78 Å². The molecule has 20 heavy (non-hydrogen) atoms. The third-order valence-corrected chi connectivity index (χ3v) is 3.48. The van der Waals surface area contributed by atoms with Crippen LogP contribution in [0.25, 0.3) is 0 Å². The Morgan fingerprint density at radius 2 is 1.80 bits per heavy atom. The highest BCUT2D eigenvalue weighted by molar-refractivity contribution is 5.24. The lowest BCUT2D eigenvalue weighted by Gasteiger charge is -2.16. The predicted octanol–water partition coefficient (Wildman–Crippen LogP) is 3.63. The molecular weight excluding hydrogens is 256 g/mol. The number of nitrogens with two attached hydrogens (primary N) is 1. The van der Waals surface area contributed by atoms with Gasteiger partial charge in [0.25, 0.3) is 0 Å². The van der Waals surface area contributed by atoms with Crippen LogP contribution in [0.2, 0.25) is 0 Å². The molecule has 0 amide bonds. The largest absolute Gasteiger partial charge is 0.330 e. The molecule has 0 aliphatic rings. The van der Waals surface area contributed by atoms with Crippen LogP contribution in [-0.2, 0) is 12.8 Å². The van der Waals surface area contributed by atoms with E-state index in [0.717, 1.165) is 12.5 Å². The van der Waals surface area contributed by atoms with E-state index in [1.54, 1.807) is 6.07 Å². The highest BCUT2D eigenvalue weighted by Gasteiger charge is 2.14. The van der Waals surface area contributed by atoms with Crippen molar-refractivity contribution >= 4 is 0 Å². The smallest absolute Gasteiger partial charge is 0.162 e. The second-order valence-electron chi connectivity index (χ2n) is 5.21. The summed E-state index contributed by atoms with van der Waals surface area (Å²) >= 11 is 0. The van der Waals surface area contributed by atoms with E-state index in [4.69, 9.17) is 5.73 Å². The van der Waals surface area contributed by atoms with Crippen molar-refractivity contribution in [1.82, 2.24) is 0 Å². The van der Waals surface area contributed by atoms with Crippen molar-refractivity contribution < 1.29 is 8.78 Å². The molecule has 1 nitrogen and oxygen atoms in total. The van der Waals surface area contributed by atoms with E-state index in [1.807, 2.05) is 25.1 Å². The van der Waals surface area contributed by atoms with Gasteiger partial charge in [-0.15, -0.1) is 0 Å². The fraction of sp³-hybridized carbons (Fsp3) is 0.294. The first kappa shape index (κ1) is 14.7. The van der Waals surface area contributed by atoms with Gasteiger partial charge < -0.3 is 5.73 Å². The Bertz CT molecular complexity index is 581. The van der Waals surface area contributed by atoms with Gasteiger partial charge in [0.2, 0.25) is 0 Å². The van der Waals surface area contributed by atoms with E-state index < -0.39 is 11.6 Å². The molecule has 2 aromatic rings. The van der Waals surface area contributed by atoms with Crippen molar-refractivity contribution in [3.63, 3.8) is 0 Å². The van der Waals surface area contributed by atoms with Gasteiger partial charge in [-0.2, -0.15) is 0 Å². The molecule has 2 rings (SSSR count). The molecule has 0 radical (unpaired) electrons. The van der Waals surface area contributed by atoms with Gasteiger partial charge in [0.05, 0.1) is 0 Å². The molecule has 0 aliphatic carbocycles. The second-order valence-corrected chi connectivity index (χ2v) is 5.21. The maximum atomic E-state index is 13.7. The number of hydrogen-bond donors (Lipinski definition) is 1. The standard InChI is InChI=1S/C17H19F2N/c1-12-4-2-5-13(8-12)9-14(11-20)10-15-6-3-7-16(18)17(15)19/h2-8,14H,9-11,20H2,1H3. The average Bonchev–Trinajstić information content (AvgIpc) is 2.43. The zero-order valence-corrected chi connectivity index (χ0v) is 11.6. The lowest BCUT2D eigenvalue weighted by Crippen LogP contribution is -2.20. The van der Waals surface area contributed by atoms with E-state index in [-0.39, 0.29) is 5.92 Å². The quantitative estimate of drug-likeness (QED) is 0.886. The summed E-state index contributed by atoms with van der Waals surface area (Å²) in [5, 5.41) is 0. The maximum absolute atomic E-state index is 13.7. The molecule has 0 heterocycles. The number of hydrogen-bond acceptors (Lipinski definition) is 1. The Kier molecular flexibility index (Phi) is 4.85. The molecule has 106 valence electrons. The van der Waals surface area contributed by atoms with Gasteiger partial charge in [0.1, 0.15) is 0 Å². The normalized spacial score (nSPS) is 12.4. The van der Waals surface area contributed by atoms with Gasteiger partial charge in [-0.05, 0) is 49.4 Å². The average molecular weight is 275 g/mol. The van der Waals surface area contributed by atoms with Crippen molar-refractivity contribution in [2.75, 3.05) is 6.54 Å². The minimum Gasteiger partial charge on any atom is -0.330 e. The van der Waals surface area contributed by atoms with E-state index in [1.165, 1.54) is 17.2 Å². The predicted molar refractivity (Wildman–Crippen MR) is 77.5 cm³/mol. The Hall–Kier alpha value is -1.74. The lowest BCUT2D eigenvalue weighted by molar-refractivity contribution is 0.473. The van der Waals surface area contributed by atoms with Crippen molar-refractivity contribution in [2.45, 2.75) is 19.8 Å². The molecule has 1 unspecified atom stereocenters. The highest BCUT2D eigenvalue weighted by atomic mass is 19.2. The fourth-order valence-electron chi connectivity index (χ4n) is 2.43. The molecule has 0 aliphatic heterocycles. The van der Waals surface area contributed by atoms with Gasteiger partial charge in [0.15, 0.2) is 11.6 Å². The minimum absolute atomic E-state index is 0.105. The summed E-state index contributed by atoms with van der Waals surface area (Å²) in [6, 6.07) is 12.5. The Morgan fingerprint density at radius 1 is 1.05 bits per heavy atom. The monoisotopic (exact) mass is 275 g/mol. The van der Waals surface area contributed by atoms with Crippen molar-refractivity contribution in [3.05, 3.63) is 70.8 Å². The first-order chi connectivity index (χ1) is 9.60. The molecule has 1 atom stereocenters. The molecule has 0 fully saturated rings. The van der Waals surface area contributed by atoms with Crippen molar-refractivity contribution in [3.8, 4) is 0 Å². The summed E-state index contributed by atoms with van der Waals surface area (Å²) < 4.78 is 26.9. The molecule has 2 N–H and O–H groups in total. The first-order valence-electron chi connectivity index (χ1n) is 6.78. The van der Waals surface area contributed by atoms with Gasteiger partial charge in [-0.1, -0.05) is 42.0 Å². The van der Waals surface area contributed by atoms with Crippen LogP contribution in [-0.4, -0.2) is 6.54 Å². The summed E-state index contributed by atoms with van der Waals surface area (Å²) in [5.74, 6) is -1.45. The third-order valence-electron chi connectivity index (χ3n) is 3.48. The number of halogens is 2. The molecular formula is C17H19F2N. The first-order valence-corrected chi connectivity index (χ1v) is 6.78. The van der Waals surface area contributed by atoms with Gasteiger partial charge in [-0.25, -0.2) is 8.78 Å². The van der Waals surface area contributed by atoms with Crippen LogP contribution < -0.4 is 5.73 Å². The zero-order chi connectivity index (χ0) is 14.5. The summed E-state index contributed by atoms with van der Waals surface area (Å²) in [4.78, 5) is 0. The van der Waals surface area contributed by atoms with E-state index >= 15 is 0 Å². The summed E-state index contributed by atoms with van der Waals surface area (Å²) in [7, 11) is 0. The number of benzene rings is 2. The molecule has 0 saturated carbocycles. The van der Waals surface area contributed by atoms with Crippen LogP contribution in [0.15, 0.2) is 42.5 Å². The Morgan fingerprint density at radius 3 is 2.50 bits per heavy atom. The van der Waals surface area contributed by atoms with Crippen LogP contribution in [0.1, 0.15) is 16.7 Å². The molecule has 0 bridgehead atoms. The third kappa shape index (κ3) is 3.64. The van der Waals surface area contributed by atoms with Gasteiger partial charge in [-0.3, -0.25) is 0 Å². The Labute approximate surface area is 118 Å². The van der Waals surface area contributed by atoms with E-state index in [2.05, 4.69) is 6.07 Å². The zero-order valence-electron chi connectivity index (χ0n) is 11.6. The maximum Gasteiger partial charge on any atom is 0.162 e. The molecule has 2 aromatic carbocycles. The fourth-order valence-corrected chi connectivity index (χ4v) is 2.43. The van der Waals surface area contributed by atoms with Gasteiger partial charge >= 0.3 is 0 Å². The van der Waals surface area contributed by atoms with E-state index in [0.29, 0.717) is 18.5 Å². The summed E-state index contributed by atoms with van der Waals surface area (Å²) in [5.41, 5.74) is 8.54. The topological polar surface area (TPSA) is 26.0 Å². The van der Waals surface area contributed by atoms with Crippen LogP contribution in [0.3, 0.4) is 0 Å². The summed E-state index contributed by atoms with van der Waals surface area (Å²) in [6.45, 7) is 2.48. The highest BCUT2D eigenvalue weighted by Crippen LogP contribution is 2.18. The Balaban J connectivity index is 2.11. The van der Waals surface area contributed by atoms with Crippen LogP contribution in [0, 0.1) is 24.5 Å². The van der Waals surface area contributed by atoms with Gasteiger partial charge in [0, 0.05) is 0 Å². The molecule has 3 heteroatoms. The minimum atomic E-state index is -0.797. The SMILES string of the molecule is Cc1cccc(CC(CN)Cc2cccc(F)c2F)c1. The van der Waals surface area contributed by atoms with E-state index in [9.17, 15) is 8.78 Å². The van der Waals surface area contributed by atoms with Crippen LogP contribution >= 0.6 is 0 Å². The van der Waals surface area contributed by atoms with Crippen molar-refractivity contribution in [2.24, 2.45) is 11.7 Å². The molecule has 0 saturated heterocycles. The van der Waals surface area contributed by atoms with Crippen molar-refractivity contribution in [1.29, 1.82) is 0 Å². The molecule has 0 spiro atoms. The molecule has 0 aromatic heterocycles. The second kappa shape index (κ2) is 6.62. The number of rotatable bonds is 5. The van der Waals surface area contributed by atoms with Crippen LogP contribution in [0.5, 0.6) is 0 Å². The number of aryl methyl sites for hydroxylation is 1. The summed E-state index contributed by atoms with van der Waals surface area (Å²) in [6.07, 6.45) is 1.22.